The molecule has 236 valence electrons. The number of fused-ring (bicyclic) bond motifs is 4. The molecule has 1 aliphatic carbocycles. The highest BCUT2D eigenvalue weighted by atomic mass is 16.6. The predicted molar refractivity (Wildman–Crippen MR) is 176 cm³/mol. The zero-order valence-electron chi connectivity index (χ0n) is 26.4. The number of anilines is 1. The molecule has 0 saturated heterocycles. The van der Waals surface area contributed by atoms with E-state index in [-0.39, 0.29) is 18.4 Å². The van der Waals surface area contributed by atoms with E-state index in [0.29, 0.717) is 32.4 Å². The van der Waals surface area contributed by atoms with Crippen molar-refractivity contribution in [2.45, 2.75) is 64.5 Å². The molecule has 1 heterocycles. The zero-order chi connectivity index (χ0) is 32.0. The van der Waals surface area contributed by atoms with Gasteiger partial charge in [0, 0.05) is 36.1 Å². The molecule has 5 rings (SSSR count). The fourth-order valence-electron chi connectivity index (χ4n) is 5.93. The maximum absolute atomic E-state index is 14.0. The Labute approximate surface area is 264 Å². The standard InChI is InChI=1S/C36H42N4O5/c1-5-40(32-22-38-30-19-11-10-18-28(30)32)33(41)31(20-12-13-21-37-34(42)45-36(2,3)4)39-35(43)44-23-29-26-16-8-6-14-24(26)25-15-7-9-17-27(25)29/h6-11,14-19,22,29,31,38H,5,12-13,20-21,23H2,1-4H3,(H,37,42)(H,39,43). The molecule has 0 spiro atoms. The van der Waals surface area contributed by atoms with Gasteiger partial charge in [-0.1, -0.05) is 66.7 Å². The summed E-state index contributed by atoms with van der Waals surface area (Å²) < 4.78 is 11.1. The maximum Gasteiger partial charge on any atom is 0.407 e. The highest BCUT2D eigenvalue weighted by Gasteiger charge is 2.31. The first-order valence-corrected chi connectivity index (χ1v) is 15.6. The van der Waals surface area contributed by atoms with Crippen LogP contribution in [0.4, 0.5) is 15.3 Å². The van der Waals surface area contributed by atoms with Crippen LogP contribution < -0.4 is 15.5 Å². The average molecular weight is 611 g/mol. The molecular weight excluding hydrogens is 568 g/mol. The third-order valence-corrected chi connectivity index (χ3v) is 7.96. The van der Waals surface area contributed by atoms with Crippen LogP contribution in [0, 0.1) is 0 Å². The first-order chi connectivity index (χ1) is 21.7. The number of unbranched alkanes of at least 4 members (excludes halogenated alkanes) is 1. The normalized spacial score (nSPS) is 13.1. The summed E-state index contributed by atoms with van der Waals surface area (Å²) in [5, 5.41) is 6.55. The third-order valence-electron chi connectivity index (χ3n) is 7.96. The Morgan fingerprint density at radius 1 is 0.889 bits per heavy atom. The Hall–Kier alpha value is -4.79. The number of hydrogen-bond acceptors (Lipinski definition) is 5. The number of H-pyrrole nitrogens is 1. The van der Waals surface area contributed by atoms with Gasteiger partial charge in [0.15, 0.2) is 0 Å². The summed E-state index contributed by atoms with van der Waals surface area (Å²) in [6, 6.07) is 23.3. The smallest absolute Gasteiger partial charge is 0.407 e. The van der Waals surface area contributed by atoms with Gasteiger partial charge in [-0.2, -0.15) is 0 Å². The monoisotopic (exact) mass is 610 g/mol. The van der Waals surface area contributed by atoms with Crippen molar-refractivity contribution in [3.8, 4) is 11.1 Å². The van der Waals surface area contributed by atoms with Crippen molar-refractivity contribution in [1.82, 2.24) is 15.6 Å². The highest BCUT2D eigenvalue weighted by molar-refractivity contribution is 6.05. The molecule has 3 amide bonds. The minimum absolute atomic E-state index is 0.0883. The Bertz CT molecular complexity index is 1610. The van der Waals surface area contributed by atoms with Crippen LogP contribution in [-0.2, 0) is 14.3 Å². The molecule has 0 fully saturated rings. The van der Waals surface area contributed by atoms with Crippen LogP contribution in [-0.4, -0.2) is 54.4 Å². The lowest BCUT2D eigenvalue weighted by atomic mass is 9.98. The molecule has 0 bridgehead atoms. The van der Waals surface area contributed by atoms with E-state index in [1.54, 1.807) is 4.90 Å². The number of carbonyl (C=O) groups excluding carboxylic acids is 3. The van der Waals surface area contributed by atoms with Crippen LogP contribution in [0.5, 0.6) is 0 Å². The molecule has 3 aromatic carbocycles. The number of aromatic amines is 1. The van der Waals surface area contributed by atoms with Crippen molar-refractivity contribution in [2.75, 3.05) is 24.6 Å². The highest BCUT2D eigenvalue weighted by Crippen LogP contribution is 2.44. The van der Waals surface area contributed by atoms with Crippen molar-refractivity contribution >= 4 is 34.7 Å². The Morgan fingerprint density at radius 2 is 1.53 bits per heavy atom. The lowest BCUT2D eigenvalue weighted by Gasteiger charge is -2.27. The summed E-state index contributed by atoms with van der Waals surface area (Å²) in [4.78, 5) is 44.3. The molecule has 4 aromatic rings. The Kier molecular flexibility index (Phi) is 9.76. The fourth-order valence-corrected chi connectivity index (χ4v) is 5.93. The Morgan fingerprint density at radius 3 is 2.20 bits per heavy atom. The molecule has 0 saturated carbocycles. The van der Waals surface area contributed by atoms with Gasteiger partial charge in [-0.25, -0.2) is 9.59 Å². The van der Waals surface area contributed by atoms with Gasteiger partial charge in [0.1, 0.15) is 18.2 Å². The van der Waals surface area contributed by atoms with E-state index in [0.717, 1.165) is 38.8 Å². The van der Waals surface area contributed by atoms with E-state index in [2.05, 4.69) is 39.9 Å². The van der Waals surface area contributed by atoms with Crippen molar-refractivity contribution in [3.05, 3.63) is 90.1 Å². The number of ether oxygens (including phenoxy) is 2. The molecular formula is C36H42N4O5. The number of para-hydroxylation sites is 1. The lowest BCUT2D eigenvalue weighted by molar-refractivity contribution is -0.120. The second-order valence-corrected chi connectivity index (χ2v) is 12.2. The number of amides is 3. The van der Waals surface area contributed by atoms with Crippen molar-refractivity contribution in [3.63, 3.8) is 0 Å². The number of alkyl carbamates (subject to hydrolysis) is 2. The van der Waals surface area contributed by atoms with E-state index in [1.165, 1.54) is 0 Å². The van der Waals surface area contributed by atoms with E-state index >= 15 is 0 Å². The number of likely N-dealkylation sites (N-methyl/N-ethyl adjacent to an activating group) is 1. The van der Waals surface area contributed by atoms with Gasteiger partial charge >= 0.3 is 12.2 Å². The van der Waals surface area contributed by atoms with Gasteiger partial charge in [-0.15, -0.1) is 0 Å². The SMILES string of the molecule is CCN(C(=O)C(CCCCNC(=O)OC(C)(C)C)NC(=O)OCC1c2ccccc2-c2ccccc21)c1c[nH]c2ccccc12. The summed E-state index contributed by atoms with van der Waals surface area (Å²) in [7, 11) is 0. The van der Waals surface area contributed by atoms with E-state index in [9.17, 15) is 14.4 Å². The zero-order valence-corrected chi connectivity index (χ0v) is 26.4. The average Bonchev–Trinajstić information content (AvgIpc) is 3.58. The van der Waals surface area contributed by atoms with Crippen molar-refractivity contribution in [2.24, 2.45) is 0 Å². The molecule has 1 aliphatic rings. The molecule has 3 N–H and O–H groups in total. The summed E-state index contributed by atoms with van der Waals surface area (Å²) in [5.74, 6) is -0.314. The van der Waals surface area contributed by atoms with E-state index < -0.39 is 23.8 Å². The molecule has 1 atom stereocenters. The van der Waals surface area contributed by atoms with Gasteiger partial charge in [0.25, 0.3) is 0 Å². The molecule has 1 aromatic heterocycles. The van der Waals surface area contributed by atoms with Crippen LogP contribution in [0.3, 0.4) is 0 Å². The third kappa shape index (κ3) is 7.48. The number of nitrogens with one attached hydrogen (secondary N) is 3. The summed E-state index contributed by atoms with van der Waals surface area (Å²) in [6.07, 6.45) is 2.26. The first kappa shape index (κ1) is 31.6. The minimum atomic E-state index is -0.823. The topological polar surface area (TPSA) is 113 Å². The maximum atomic E-state index is 14.0. The summed E-state index contributed by atoms with van der Waals surface area (Å²) in [5.41, 5.74) is 5.62. The van der Waals surface area contributed by atoms with Crippen LogP contribution in [0.1, 0.15) is 64.0 Å². The number of benzene rings is 3. The second-order valence-electron chi connectivity index (χ2n) is 12.2. The largest absolute Gasteiger partial charge is 0.449 e. The Balaban J connectivity index is 1.26. The molecule has 0 aliphatic heterocycles. The van der Waals surface area contributed by atoms with Gasteiger partial charge in [-0.05, 0) is 75.3 Å². The van der Waals surface area contributed by atoms with Crippen LogP contribution in [0.15, 0.2) is 79.0 Å². The summed E-state index contributed by atoms with van der Waals surface area (Å²) in [6.45, 7) is 8.31. The number of rotatable bonds is 11. The van der Waals surface area contributed by atoms with Crippen molar-refractivity contribution < 1.29 is 23.9 Å². The van der Waals surface area contributed by atoms with Gasteiger partial charge in [-0.3, -0.25) is 4.79 Å². The predicted octanol–water partition coefficient (Wildman–Crippen LogP) is 7.12. The molecule has 9 heteroatoms. The molecule has 0 radical (unpaired) electrons. The molecule has 45 heavy (non-hydrogen) atoms. The van der Waals surface area contributed by atoms with Crippen LogP contribution in [0.2, 0.25) is 0 Å². The van der Waals surface area contributed by atoms with Gasteiger partial charge < -0.3 is 30.0 Å². The van der Waals surface area contributed by atoms with Gasteiger partial charge in [0.05, 0.1) is 5.69 Å². The minimum Gasteiger partial charge on any atom is -0.449 e. The molecule has 9 nitrogen and oxygen atoms in total. The molecule has 1 unspecified atom stereocenters. The van der Waals surface area contributed by atoms with E-state index in [1.807, 2.05) is 82.4 Å². The first-order valence-electron chi connectivity index (χ1n) is 15.6. The van der Waals surface area contributed by atoms with E-state index in [4.69, 9.17) is 9.47 Å². The summed E-state index contributed by atoms with van der Waals surface area (Å²) >= 11 is 0. The number of nitrogens with zero attached hydrogens (tertiary/aromatic N) is 1. The second kappa shape index (κ2) is 13.9. The number of hydrogen-bond donors (Lipinski definition) is 3. The van der Waals surface area contributed by atoms with Crippen LogP contribution >= 0.6 is 0 Å². The quantitative estimate of drug-likeness (QED) is 0.157. The lowest BCUT2D eigenvalue weighted by Crippen LogP contribution is -2.49. The number of aromatic nitrogens is 1. The van der Waals surface area contributed by atoms with Crippen molar-refractivity contribution in [1.29, 1.82) is 0 Å². The number of carbonyl (C=O) groups is 3. The van der Waals surface area contributed by atoms with Crippen LogP contribution in [0.25, 0.3) is 22.0 Å². The fraction of sp³-hybridized carbons (Fsp3) is 0.361. The van der Waals surface area contributed by atoms with Gasteiger partial charge in [0.2, 0.25) is 5.91 Å².